The summed E-state index contributed by atoms with van der Waals surface area (Å²) in [6, 6.07) is 1.00. The third-order valence-corrected chi connectivity index (χ3v) is 4.20. The lowest BCUT2D eigenvalue weighted by molar-refractivity contribution is 0.472. The van der Waals surface area contributed by atoms with Crippen molar-refractivity contribution in [2.75, 3.05) is 0 Å². The minimum atomic E-state index is 0.428. The van der Waals surface area contributed by atoms with Crippen molar-refractivity contribution in [1.29, 1.82) is 0 Å². The standard InChI is InChI=1S/C12H22N2S/c1-6-8(3)13-9(4)12-10(5)14-11(7-2)15-12/h8-9,13H,6-7H2,1-5H3. The predicted octanol–water partition coefficient (Wildman–Crippen LogP) is 3.46. The molecule has 1 heterocycles. The Labute approximate surface area is 97.1 Å². The van der Waals surface area contributed by atoms with Gasteiger partial charge in [0.1, 0.15) is 0 Å². The van der Waals surface area contributed by atoms with Crippen molar-refractivity contribution >= 4 is 11.3 Å². The molecule has 0 saturated carbocycles. The second kappa shape index (κ2) is 5.61. The molecular formula is C12H22N2S. The summed E-state index contributed by atoms with van der Waals surface area (Å²) in [7, 11) is 0. The fourth-order valence-corrected chi connectivity index (χ4v) is 2.66. The van der Waals surface area contributed by atoms with Crippen LogP contribution in [-0.2, 0) is 6.42 Å². The summed E-state index contributed by atoms with van der Waals surface area (Å²) in [5.41, 5.74) is 1.19. The molecule has 2 unspecified atom stereocenters. The van der Waals surface area contributed by atoms with E-state index in [-0.39, 0.29) is 0 Å². The summed E-state index contributed by atoms with van der Waals surface area (Å²) in [4.78, 5) is 5.96. The summed E-state index contributed by atoms with van der Waals surface area (Å²) >= 11 is 1.85. The second-order valence-corrected chi connectivity index (χ2v) is 5.22. The van der Waals surface area contributed by atoms with Crippen molar-refractivity contribution in [3.8, 4) is 0 Å². The Morgan fingerprint density at radius 1 is 1.33 bits per heavy atom. The highest BCUT2D eigenvalue weighted by atomic mass is 32.1. The lowest BCUT2D eigenvalue weighted by Gasteiger charge is -2.17. The molecule has 1 rings (SSSR count). The van der Waals surface area contributed by atoms with E-state index in [9.17, 15) is 0 Å². The Morgan fingerprint density at radius 3 is 2.47 bits per heavy atom. The Bertz CT molecular complexity index is 307. The lowest BCUT2D eigenvalue weighted by Crippen LogP contribution is -2.28. The highest BCUT2D eigenvalue weighted by Crippen LogP contribution is 2.25. The molecule has 1 N–H and O–H groups in total. The van der Waals surface area contributed by atoms with Crippen molar-refractivity contribution in [1.82, 2.24) is 10.3 Å². The van der Waals surface area contributed by atoms with Gasteiger partial charge in [0.15, 0.2) is 0 Å². The summed E-state index contributed by atoms with van der Waals surface area (Å²) in [6.07, 6.45) is 2.21. The zero-order valence-electron chi connectivity index (χ0n) is 10.4. The van der Waals surface area contributed by atoms with Crippen LogP contribution in [0.5, 0.6) is 0 Å². The van der Waals surface area contributed by atoms with Gasteiger partial charge in [-0.3, -0.25) is 0 Å². The molecule has 0 aliphatic carbocycles. The van der Waals surface area contributed by atoms with E-state index >= 15 is 0 Å². The average molecular weight is 226 g/mol. The number of thiazole rings is 1. The molecule has 0 aliphatic rings. The topological polar surface area (TPSA) is 24.9 Å². The lowest BCUT2D eigenvalue weighted by atomic mass is 10.2. The smallest absolute Gasteiger partial charge is 0.0928 e. The molecule has 0 radical (unpaired) electrons. The van der Waals surface area contributed by atoms with Crippen molar-refractivity contribution in [3.63, 3.8) is 0 Å². The zero-order valence-corrected chi connectivity index (χ0v) is 11.2. The molecule has 0 spiro atoms. The first-order valence-electron chi connectivity index (χ1n) is 5.80. The van der Waals surface area contributed by atoms with Gasteiger partial charge in [-0.1, -0.05) is 13.8 Å². The molecule has 1 aromatic rings. The third-order valence-electron chi connectivity index (χ3n) is 2.72. The molecule has 0 aliphatic heterocycles. The van der Waals surface area contributed by atoms with Crippen LogP contribution in [0.1, 0.15) is 55.7 Å². The zero-order chi connectivity index (χ0) is 11.4. The number of rotatable bonds is 5. The van der Waals surface area contributed by atoms with Gasteiger partial charge in [-0.25, -0.2) is 4.98 Å². The predicted molar refractivity (Wildman–Crippen MR) is 67.5 cm³/mol. The average Bonchev–Trinajstić information content (AvgIpc) is 2.59. The number of nitrogens with one attached hydrogen (secondary N) is 1. The highest BCUT2D eigenvalue weighted by molar-refractivity contribution is 7.11. The second-order valence-electron chi connectivity index (χ2n) is 4.11. The number of aromatic nitrogens is 1. The van der Waals surface area contributed by atoms with E-state index < -0.39 is 0 Å². The molecule has 86 valence electrons. The first-order valence-corrected chi connectivity index (χ1v) is 6.62. The SMILES string of the molecule is CCc1nc(C)c(C(C)NC(C)CC)s1. The van der Waals surface area contributed by atoms with E-state index in [1.165, 1.54) is 22.0 Å². The van der Waals surface area contributed by atoms with Crippen LogP contribution in [0, 0.1) is 6.92 Å². The van der Waals surface area contributed by atoms with Gasteiger partial charge in [0.05, 0.1) is 10.7 Å². The maximum atomic E-state index is 4.56. The first kappa shape index (κ1) is 12.7. The van der Waals surface area contributed by atoms with E-state index in [4.69, 9.17) is 0 Å². The molecular weight excluding hydrogens is 204 g/mol. The van der Waals surface area contributed by atoms with Gasteiger partial charge in [-0.2, -0.15) is 0 Å². The van der Waals surface area contributed by atoms with Gasteiger partial charge in [-0.05, 0) is 33.6 Å². The Kier molecular flexibility index (Phi) is 4.74. The molecule has 1 aromatic heterocycles. The van der Waals surface area contributed by atoms with Crippen molar-refractivity contribution in [2.45, 2.75) is 59.5 Å². The van der Waals surface area contributed by atoms with Crippen molar-refractivity contribution in [2.24, 2.45) is 0 Å². The minimum Gasteiger partial charge on any atom is -0.307 e. The number of aryl methyl sites for hydroxylation is 2. The quantitative estimate of drug-likeness (QED) is 0.831. The molecule has 0 amide bonds. The number of hydrogen-bond acceptors (Lipinski definition) is 3. The van der Waals surface area contributed by atoms with Crippen molar-refractivity contribution < 1.29 is 0 Å². The van der Waals surface area contributed by atoms with Gasteiger partial charge in [0.25, 0.3) is 0 Å². The van der Waals surface area contributed by atoms with Gasteiger partial charge >= 0.3 is 0 Å². The van der Waals surface area contributed by atoms with Gasteiger partial charge in [0, 0.05) is 17.0 Å². The molecule has 15 heavy (non-hydrogen) atoms. The molecule has 0 bridgehead atoms. The van der Waals surface area contributed by atoms with Crippen LogP contribution < -0.4 is 5.32 Å². The monoisotopic (exact) mass is 226 g/mol. The Balaban J connectivity index is 2.72. The van der Waals surface area contributed by atoms with E-state index in [0.717, 1.165) is 6.42 Å². The largest absolute Gasteiger partial charge is 0.307 e. The van der Waals surface area contributed by atoms with E-state index in [2.05, 4.69) is 44.9 Å². The van der Waals surface area contributed by atoms with Gasteiger partial charge in [0.2, 0.25) is 0 Å². The third kappa shape index (κ3) is 3.28. The maximum absolute atomic E-state index is 4.56. The van der Waals surface area contributed by atoms with Crippen LogP contribution >= 0.6 is 11.3 Å². The summed E-state index contributed by atoms with van der Waals surface area (Å²) in [6.45, 7) is 10.9. The van der Waals surface area contributed by atoms with Crippen LogP contribution in [0.25, 0.3) is 0 Å². The number of nitrogens with zero attached hydrogens (tertiary/aromatic N) is 1. The molecule has 2 nitrogen and oxygen atoms in total. The van der Waals surface area contributed by atoms with Crippen LogP contribution in [0.2, 0.25) is 0 Å². The van der Waals surface area contributed by atoms with Crippen molar-refractivity contribution in [3.05, 3.63) is 15.6 Å². The normalized spacial score (nSPS) is 15.3. The van der Waals surface area contributed by atoms with Crippen LogP contribution in [-0.4, -0.2) is 11.0 Å². The molecule has 0 fully saturated rings. The molecule has 2 atom stereocenters. The molecule has 0 aromatic carbocycles. The van der Waals surface area contributed by atoms with Crippen LogP contribution in [0.4, 0.5) is 0 Å². The Hall–Kier alpha value is -0.410. The van der Waals surface area contributed by atoms with Gasteiger partial charge in [-0.15, -0.1) is 11.3 Å². The summed E-state index contributed by atoms with van der Waals surface area (Å²) in [5.74, 6) is 0. The Morgan fingerprint density at radius 2 is 2.00 bits per heavy atom. The fourth-order valence-electron chi connectivity index (χ4n) is 1.64. The minimum absolute atomic E-state index is 0.428. The maximum Gasteiger partial charge on any atom is 0.0928 e. The summed E-state index contributed by atoms with van der Waals surface area (Å²) < 4.78 is 0. The number of hydrogen-bond donors (Lipinski definition) is 1. The van der Waals surface area contributed by atoms with Gasteiger partial charge < -0.3 is 5.32 Å². The molecule has 0 saturated heterocycles. The van der Waals surface area contributed by atoms with E-state index in [1.54, 1.807) is 0 Å². The fraction of sp³-hybridized carbons (Fsp3) is 0.750. The first-order chi connectivity index (χ1) is 7.08. The van der Waals surface area contributed by atoms with E-state index in [1.807, 2.05) is 11.3 Å². The van der Waals surface area contributed by atoms with Crippen LogP contribution in [0.15, 0.2) is 0 Å². The summed E-state index contributed by atoms with van der Waals surface area (Å²) in [5, 5.41) is 4.84. The van der Waals surface area contributed by atoms with Crippen LogP contribution in [0.3, 0.4) is 0 Å². The van der Waals surface area contributed by atoms with E-state index in [0.29, 0.717) is 12.1 Å². The highest BCUT2D eigenvalue weighted by Gasteiger charge is 2.14. The molecule has 3 heteroatoms.